The Kier molecular flexibility index (Phi) is 5.04. The average molecular weight is 426 g/mol. The first-order valence-electron chi connectivity index (χ1n) is 6.37. The number of anilines is 1. The van der Waals surface area contributed by atoms with E-state index in [1.807, 2.05) is 5.32 Å². The molecule has 0 aliphatic heterocycles. The van der Waals surface area contributed by atoms with Crippen molar-refractivity contribution in [2.75, 3.05) is 12.4 Å². The van der Waals surface area contributed by atoms with Crippen LogP contribution in [0, 0.1) is 0 Å². The maximum Gasteiger partial charge on any atom is 0.442 e. The summed E-state index contributed by atoms with van der Waals surface area (Å²) < 4.78 is 46.3. The highest BCUT2D eigenvalue weighted by Crippen LogP contribution is 2.36. The summed E-state index contributed by atoms with van der Waals surface area (Å²) in [6, 6.07) is 4.95. The minimum absolute atomic E-state index is 0.195. The first kappa shape index (κ1) is 18.5. The van der Waals surface area contributed by atoms with Crippen molar-refractivity contribution in [3.05, 3.63) is 22.7 Å². The molecule has 2 N–H and O–H groups in total. The lowest BCUT2D eigenvalue weighted by atomic mass is 10.1. The lowest BCUT2D eigenvalue weighted by Crippen LogP contribution is -2.69. The normalized spacial score (nSPS) is 14.1. The van der Waals surface area contributed by atoms with Crippen molar-refractivity contribution in [2.24, 2.45) is 0 Å². The highest BCUT2D eigenvalue weighted by atomic mass is 79.9. The fourth-order valence-electron chi connectivity index (χ4n) is 1.92. The molecular formula is C13H11BrF3N3O3S. The summed E-state index contributed by atoms with van der Waals surface area (Å²) in [5.41, 5.74) is -2.99. The van der Waals surface area contributed by atoms with Gasteiger partial charge < -0.3 is 15.4 Å². The van der Waals surface area contributed by atoms with Crippen molar-refractivity contribution in [3.8, 4) is 0 Å². The zero-order chi connectivity index (χ0) is 18.1. The predicted molar refractivity (Wildman–Crippen MR) is 85.6 cm³/mol. The van der Waals surface area contributed by atoms with Crippen LogP contribution in [0.4, 0.5) is 18.3 Å². The van der Waals surface area contributed by atoms with Gasteiger partial charge in [0.1, 0.15) is 0 Å². The molecule has 2 rings (SSSR count). The molecule has 0 aliphatic carbocycles. The molecule has 0 aliphatic rings. The van der Waals surface area contributed by atoms with Gasteiger partial charge in [0.25, 0.3) is 0 Å². The molecule has 0 bridgehead atoms. The van der Waals surface area contributed by atoms with E-state index in [1.165, 1.54) is 0 Å². The van der Waals surface area contributed by atoms with Gasteiger partial charge >= 0.3 is 17.8 Å². The van der Waals surface area contributed by atoms with Crippen LogP contribution in [0.15, 0.2) is 22.7 Å². The number of hydrogen-bond acceptors (Lipinski definition) is 6. The van der Waals surface area contributed by atoms with Gasteiger partial charge in [-0.2, -0.15) is 13.2 Å². The van der Waals surface area contributed by atoms with E-state index in [4.69, 9.17) is 0 Å². The molecule has 1 aromatic heterocycles. The van der Waals surface area contributed by atoms with Crippen LogP contribution < -0.4 is 10.6 Å². The van der Waals surface area contributed by atoms with Crippen molar-refractivity contribution in [1.29, 1.82) is 0 Å². The lowest BCUT2D eigenvalue weighted by Gasteiger charge is -2.33. The van der Waals surface area contributed by atoms with E-state index in [0.29, 0.717) is 10.2 Å². The third kappa shape index (κ3) is 3.46. The second-order valence-corrected chi connectivity index (χ2v) is 6.62. The maximum absolute atomic E-state index is 13.6. The largest absolute Gasteiger partial charge is 0.466 e. The smallest absolute Gasteiger partial charge is 0.442 e. The number of halogens is 4. The molecular weight excluding hydrogens is 415 g/mol. The molecule has 6 nitrogen and oxygen atoms in total. The molecule has 1 amide bonds. The summed E-state index contributed by atoms with van der Waals surface area (Å²) in [6.07, 6.45) is -5.16. The first-order valence-corrected chi connectivity index (χ1v) is 7.98. The second kappa shape index (κ2) is 6.55. The molecule has 0 radical (unpaired) electrons. The molecule has 0 spiro atoms. The Hall–Kier alpha value is -1.88. The first-order chi connectivity index (χ1) is 11.1. The van der Waals surface area contributed by atoms with Gasteiger partial charge in [0.2, 0.25) is 5.91 Å². The van der Waals surface area contributed by atoms with Crippen molar-refractivity contribution in [2.45, 2.75) is 18.8 Å². The Balaban J connectivity index is 2.53. The number of aromatic nitrogens is 1. The number of carbonyl (C=O) groups is 2. The van der Waals surface area contributed by atoms with E-state index in [-0.39, 0.29) is 5.13 Å². The van der Waals surface area contributed by atoms with Crippen LogP contribution in [0.5, 0.6) is 0 Å². The summed E-state index contributed by atoms with van der Waals surface area (Å²) in [5.74, 6) is -2.76. The van der Waals surface area contributed by atoms with Gasteiger partial charge in [-0.25, -0.2) is 9.78 Å². The molecule has 11 heteroatoms. The third-order valence-corrected chi connectivity index (χ3v) is 4.35. The summed E-state index contributed by atoms with van der Waals surface area (Å²) in [5, 5.41) is 3.39. The van der Waals surface area contributed by atoms with Gasteiger partial charge in [0.15, 0.2) is 5.13 Å². The van der Waals surface area contributed by atoms with Crippen LogP contribution in [0.25, 0.3) is 10.2 Å². The van der Waals surface area contributed by atoms with E-state index in [2.05, 4.69) is 25.7 Å². The number of carbonyl (C=O) groups excluding carboxylic acids is 2. The van der Waals surface area contributed by atoms with E-state index in [0.717, 1.165) is 29.8 Å². The molecule has 24 heavy (non-hydrogen) atoms. The molecule has 1 atom stereocenters. The van der Waals surface area contributed by atoms with Crippen LogP contribution in [0.2, 0.25) is 0 Å². The van der Waals surface area contributed by atoms with Gasteiger partial charge in [-0.05, 0) is 18.2 Å². The number of ether oxygens (including phenoxy) is 1. The van der Waals surface area contributed by atoms with Crippen molar-refractivity contribution in [1.82, 2.24) is 10.3 Å². The summed E-state index contributed by atoms with van der Waals surface area (Å²) >= 11 is 4.15. The Morgan fingerprint density at radius 1 is 1.33 bits per heavy atom. The predicted octanol–water partition coefficient (Wildman–Crippen LogP) is 3.04. The number of thiazole rings is 1. The fraction of sp³-hybridized carbons (Fsp3) is 0.308. The summed E-state index contributed by atoms with van der Waals surface area (Å²) in [6.45, 7) is 0.862. The number of methoxy groups -OCH3 is 1. The van der Waals surface area contributed by atoms with Gasteiger partial charge in [0, 0.05) is 11.4 Å². The van der Waals surface area contributed by atoms with Crippen LogP contribution in [-0.2, 0) is 14.3 Å². The SMILES string of the molecule is COC(=O)[C@](NC(C)=O)(Nc1nc2ccc(Br)cc2s1)C(F)(F)F. The van der Waals surface area contributed by atoms with E-state index in [1.54, 1.807) is 23.5 Å². The zero-order valence-electron chi connectivity index (χ0n) is 12.3. The van der Waals surface area contributed by atoms with Crippen molar-refractivity contribution in [3.63, 3.8) is 0 Å². The quantitative estimate of drug-likeness (QED) is 0.581. The molecule has 1 heterocycles. The number of nitrogens with one attached hydrogen (secondary N) is 2. The number of amides is 1. The van der Waals surface area contributed by atoms with E-state index >= 15 is 0 Å². The highest BCUT2D eigenvalue weighted by molar-refractivity contribution is 9.10. The van der Waals surface area contributed by atoms with Crippen molar-refractivity contribution < 1.29 is 27.5 Å². The molecule has 0 fully saturated rings. The van der Waals surface area contributed by atoms with Crippen molar-refractivity contribution >= 4 is 54.5 Å². The van der Waals surface area contributed by atoms with Crippen LogP contribution in [0.3, 0.4) is 0 Å². The molecule has 2 aromatic rings. The van der Waals surface area contributed by atoms with Crippen LogP contribution >= 0.6 is 27.3 Å². The number of hydrogen-bond donors (Lipinski definition) is 2. The number of esters is 1. The van der Waals surface area contributed by atoms with Gasteiger partial charge in [-0.15, -0.1) is 0 Å². The van der Waals surface area contributed by atoms with Crippen LogP contribution in [0.1, 0.15) is 6.92 Å². The fourth-order valence-corrected chi connectivity index (χ4v) is 3.39. The summed E-state index contributed by atoms with van der Waals surface area (Å²) in [4.78, 5) is 27.1. The molecule has 130 valence electrons. The average Bonchev–Trinajstić information content (AvgIpc) is 2.85. The number of rotatable bonds is 4. The molecule has 0 unspecified atom stereocenters. The minimum Gasteiger partial charge on any atom is -0.466 e. The summed E-state index contributed by atoms with van der Waals surface area (Å²) in [7, 11) is 0.793. The number of alkyl halides is 3. The third-order valence-electron chi connectivity index (χ3n) is 2.93. The lowest BCUT2D eigenvalue weighted by molar-refractivity contribution is -0.206. The van der Waals surface area contributed by atoms with Gasteiger partial charge in [-0.1, -0.05) is 27.3 Å². The Bertz CT molecular complexity index is 796. The van der Waals surface area contributed by atoms with Gasteiger partial charge in [0.05, 0.1) is 17.3 Å². The van der Waals surface area contributed by atoms with E-state index < -0.39 is 23.7 Å². The number of benzene rings is 1. The Morgan fingerprint density at radius 2 is 2.00 bits per heavy atom. The zero-order valence-corrected chi connectivity index (χ0v) is 14.7. The minimum atomic E-state index is -5.16. The molecule has 0 saturated carbocycles. The standard InChI is InChI=1S/C13H11BrF3N3O3S/c1-6(21)19-12(10(22)23-2,13(15,16)17)20-11-18-8-4-3-7(14)5-9(8)24-11/h3-5H,1-2H3,(H,18,20)(H,19,21)/t12-/m0/s1. The van der Waals surface area contributed by atoms with E-state index in [9.17, 15) is 22.8 Å². The Morgan fingerprint density at radius 3 is 2.54 bits per heavy atom. The molecule has 0 saturated heterocycles. The topological polar surface area (TPSA) is 80.3 Å². The number of nitrogens with zero attached hydrogens (tertiary/aromatic N) is 1. The molecule has 1 aromatic carbocycles. The van der Waals surface area contributed by atoms with Crippen LogP contribution in [-0.4, -0.2) is 35.8 Å². The Labute approximate surface area is 146 Å². The second-order valence-electron chi connectivity index (χ2n) is 4.68. The highest BCUT2D eigenvalue weighted by Gasteiger charge is 2.63. The van der Waals surface area contributed by atoms with Gasteiger partial charge in [-0.3, -0.25) is 4.79 Å². The monoisotopic (exact) mass is 425 g/mol. The number of fused-ring (bicyclic) bond motifs is 1. The maximum atomic E-state index is 13.6.